The van der Waals surface area contributed by atoms with E-state index in [0.717, 1.165) is 4.90 Å². The van der Waals surface area contributed by atoms with Crippen LogP contribution >= 0.6 is 0 Å². The van der Waals surface area contributed by atoms with E-state index in [0.29, 0.717) is 0 Å². The first-order valence-corrected chi connectivity index (χ1v) is 7.70. The van der Waals surface area contributed by atoms with Gasteiger partial charge in [-0.1, -0.05) is 26.0 Å². The fourth-order valence-electron chi connectivity index (χ4n) is 2.28. The molecule has 0 N–H and O–H groups in total. The summed E-state index contributed by atoms with van der Waals surface area (Å²) in [5.74, 6) is -2.20. The molecule has 0 radical (unpaired) electrons. The molecule has 0 saturated heterocycles. The molecule has 2 amide bonds. The van der Waals surface area contributed by atoms with Crippen molar-refractivity contribution in [3.05, 3.63) is 35.4 Å². The summed E-state index contributed by atoms with van der Waals surface area (Å²) >= 11 is 0. The summed E-state index contributed by atoms with van der Waals surface area (Å²) in [6, 6.07) is 5.33. The monoisotopic (exact) mass is 319 g/mol. The third-order valence-electron chi connectivity index (χ3n) is 3.30. The van der Waals surface area contributed by atoms with Gasteiger partial charge in [-0.25, -0.2) is 8.42 Å². The van der Waals surface area contributed by atoms with Crippen molar-refractivity contribution >= 4 is 21.9 Å². The molecule has 0 aliphatic carbocycles. The Bertz CT molecular complexity index is 636. The zero-order valence-electron chi connectivity index (χ0n) is 12.1. The van der Waals surface area contributed by atoms with E-state index in [-0.39, 0.29) is 46.6 Å². The van der Waals surface area contributed by atoms with E-state index >= 15 is 0 Å². The molecular formula is C13H14NNaO5S. The fourth-order valence-corrected chi connectivity index (χ4v) is 3.24. The summed E-state index contributed by atoms with van der Waals surface area (Å²) in [5.41, 5.74) is 0.484. The molecule has 1 aliphatic rings. The van der Waals surface area contributed by atoms with Gasteiger partial charge in [-0.3, -0.25) is 14.5 Å². The van der Waals surface area contributed by atoms with Gasteiger partial charge in [0.2, 0.25) is 0 Å². The summed E-state index contributed by atoms with van der Waals surface area (Å²) in [6.07, 6.45) is 0. The summed E-state index contributed by atoms with van der Waals surface area (Å²) in [6.45, 7) is 3.33. The zero-order chi connectivity index (χ0) is 15.1. The molecule has 8 heteroatoms. The molecule has 0 bridgehead atoms. The van der Waals surface area contributed by atoms with E-state index in [1.807, 2.05) is 0 Å². The summed E-state index contributed by atoms with van der Waals surface area (Å²) in [5, 5.41) is 0. The van der Waals surface area contributed by atoms with E-state index in [9.17, 15) is 22.6 Å². The number of carbonyl (C=O) groups excluding carboxylic acids is 2. The SMILES string of the molecule is CC(C)[C@@H](CS(=O)(=O)[O-])N1C(=O)c2ccccc2C1=O.[Na+]. The number of hydrogen-bond acceptors (Lipinski definition) is 5. The molecule has 1 atom stereocenters. The molecule has 1 aromatic carbocycles. The molecule has 0 unspecified atom stereocenters. The quantitative estimate of drug-likeness (QED) is 0.358. The first-order valence-electron chi connectivity index (χ1n) is 6.13. The van der Waals surface area contributed by atoms with Crippen molar-refractivity contribution in [1.82, 2.24) is 4.90 Å². The third-order valence-corrected chi connectivity index (χ3v) is 4.05. The second-order valence-electron chi connectivity index (χ2n) is 5.06. The number of rotatable bonds is 4. The van der Waals surface area contributed by atoms with Crippen molar-refractivity contribution in [2.24, 2.45) is 5.92 Å². The van der Waals surface area contributed by atoms with Crippen molar-refractivity contribution in [3.63, 3.8) is 0 Å². The van der Waals surface area contributed by atoms with Crippen LogP contribution in [0.25, 0.3) is 0 Å². The number of fused-ring (bicyclic) bond motifs is 1. The smallest absolute Gasteiger partial charge is 0.748 e. The minimum absolute atomic E-state index is 0. The Morgan fingerprint density at radius 1 is 1.10 bits per heavy atom. The Kier molecular flexibility index (Phi) is 5.74. The predicted molar refractivity (Wildman–Crippen MR) is 70.1 cm³/mol. The molecule has 21 heavy (non-hydrogen) atoms. The summed E-state index contributed by atoms with van der Waals surface area (Å²) in [7, 11) is -4.54. The van der Waals surface area contributed by atoms with Crippen molar-refractivity contribution in [2.75, 3.05) is 5.75 Å². The Morgan fingerprint density at radius 3 is 1.86 bits per heavy atom. The van der Waals surface area contributed by atoms with Crippen LogP contribution in [0.4, 0.5) is 0 Å². The van der Waals surface area contributed by atoms with Crippen LogP contribution in [0.5, 0.6) is 0 Å². The van der Waals surface area contributed by atoms with Gasteiger partial charge in [0.25, 0.3) is 11.8 Å². The normalized spacial score (nSPS) is 15.9. The van der Waals surface area contributed by atoms with Crippen molar-refractivity contribution in [2.45, 2.75) is 19.9 Å². The van der Waals surface area contributed by atoms with E-state index in [4.69, 9.17) is 0 Å². The van der Waals surface area contributed by atoms with E-state index in [1.54, 1.807) is 26.0 Å². The second kappa shape index (κ2) is 6.58. The molecule has 108 valence electrons. The maximum atomic E-state index is 12.2. The molecule has 0 spiro atoms. The molecule has 6 nitrogen and oxygen atoms in total. The van der Waals surface area contributed by atoms with Crippen LogP contribution in [-0.4, -0.2) is 41.5 Å². The third kappa shape index (κ3) is 3.73. The number of imide groups is 1. The average Bonchev–Trinajstić information content (AvgIpc) is 2.59. The van der Waals surface area contributed by atoms with Gasteiger partial charge < -0.3 is 4.55 Å². The van der Waals surface area contributed by atoms with Gasteiger partial charge in [0.1, 0.15) is 0 Å². The Hall–Kier alpha value is -0.730. The first-order chi connectivity index (χ1) is 9.22. The minimum atomic E-state index is -4.54. The first kappa shape index (κ1) is 18.3. The van der Waals surface area contributed by atoms with Crippen LogP contribution in [0.1, 0.15) is 34.6 Å². The molecule has 1 aromatic rings. The largest absolute Gasteiger partial charge is 1.00 e. The number of benzene rings is 1. The molecule has 0 aromatic heterocycles. The summed E-state index contributed by atoms with van der Waals surface area (Å²) in [4.78, 5) is 25.4. The molecule has 0 saturated carbocycles. The molecular weight excluding hydrogens is 305 g/mol. The Balaban J connectivity index is 0.00000220. The van der Waals surface area contributed by atoms with Gasteiger partial charge in [0.05, 0.1) is 33.0 Å². The van der Waals surface area contributed by atoms with Gasteiger partial charge in [0, 0.05) is 0 Å². The maximum Gasteiger partial charge on any atom is 1.00 e. The maximum absolute atomic E-state index is 12.2. The Morgan fingerprint density at radius 2 is 1.52 bits per heavy atom. The fraction of sp³-hybridized carbons (Fsp3) is 0.385. The molecule has 2 rings (SSSR count). The molecule has 1 aliphatic heterocycles. The van der Waals surface area contributed by atoms with Gasteiger partial charge in [0.15, 0.2) is 0 Å². The van der Waals surface area contributed by atoms with Gasteiger partial charge in [-0.05, 0) is 18.1 Å². The number of nitrogens with zero attached hydrogens (tertiary/aromatic N) is 1. The van der Waals surface area contributed by atoms with Gasteiger partial charge in [-0.2, -0.15) is 0 Å². The van der Waals surface area contributed by atoms with Crippen LogP contribution in [-0.2, 0) is 10.1 Å². The van der Waals surface area contributed by atoms with E-state index in [1.165, 1.54) is 12.1 Å². The standard InChI is InChI=1S/C13H15NO5S.Na/c1-8(2)11(7-20(17,18)19)14-12(15)9-5-3-4-6-10(9)13(14)16;/h3-6,8,11H,7H2,1-2H3,(H,17,18,19);/q;+1/p-1/t11-;/m1./s1. The number of hydrogen-bond donors (Lipinski definition) is 0. The predicted octanol–water partition coefficient (Wildman–Crippen LogP) is -2.14. The summed E-state index contributed by atoms with van der Waals surface area (Å²) < 4.78 is 33.0. The van der Waals surface area contributed by atoms with Crippen LogP contribution in [0.15, 0.2) is 24.3 Å². The Labute approximate surface area is 145 Å². The molecule has 0 fully saturated rings. The minimum Gasteiger partial charge on any atom is -0.748 e. The van der Waals surface area contributed by atoms with Crippen molar-refractivity contribution in [3.8, 4) is 0 Å². The topological polar surface area (TPSA) is 94.6 Å². The van der Waals surface area contributed by atoms with Gasteiger partial charge in [-0.15, -0.1) is 0 Å². The number of carbonyl (C=O) groups is 2. The van der Waals surface area contributed by atoms with Crippen molar-refractivity contribution in [1.29, 1.82) is 0 Å². The van der Waals surface area contributed by atoms with Crippen LogP contribution in [0, 0.1) is 5.92 Å². The second-order valence-corrected chi connectivity index (χ2v) is 6.51. The van der Waals surface area contributed by atoms with Crippen LogP contribution in [0.2, 0.25) is 0 Å². The van der Waals surface area contributed by atoms with E-state index in [2.05, 4.69) is 0 Å². The van der Waals surface area contributed by atoms with Gasteiger partial charge >= 0.3 is 29.6 Å². The van der Waals surface area contributed by atoms with Crippen molar-refractivity contribution < 1.29 is 52.1 Å². The number of amides is 2. The van der Waals surface area contributed by atoms with Crippen LogP contribution in [0.3, 0.4) is 0 Å². The van der Waals surface area contributed by atoms with Crippen LogP contribution < -0.4 is 29.6 Å². The molecule has 1 heterocycles. The average molecular weight is 319 g/mol. The zero-order valence-corrected chi connectivity index (χ0v) is 14.9. The van der Waals surface area contributed by atoms with E-state index < -0.39 is 33.7 Å².